The highest BCUT2D eigenvalue weighted by molar-refractivity contribution is 4.71. The average molecular weight is 148 g/mol. The molecule has 0 aromatic carbocycles. The first-order valence-electron chi connectivity index (χ1n) is 3.71. The fourth-order valence-electron chi connectivity index (χ4n) is 1.17. The standard InChI is InChI=1S/C7H13FO2/c8-6(5-9)7-3-1-2-4-10-7/h6-7,9H,1-5H2. The molecular formula is C7H13FO2. The molecule has 1 fully saturated rings. The maximum absolute atomic E-state index is 12.6. The maximum Gasteiger partial charge on any atom is 0.149 e. The van der Waals surface area contributed by atoms with Crippen molar-refractivity contribution in [2.45, 2.75) is 31.5 Å². The van der Waals surface area contributed by atoms with E-state index in [9.17, 15) is 4.39 Å². The molecule has 0 aromatic heterocycles. The Morgan fingerprint density at radius 1 is 1.60 bits per heavy atom. The maximum atomic E-state index is 12.6. The van der Waals surface area contributed by atoms with Crippen molar-refractivity contribution in [1.29, 1.82) is 0 Å². The van der Waals surface area contributed by atoms with Crippen LogP contribution in [0.15, 0.2) is 0 Å². The molecule has 0 radical (unpaired) electrons. The zero-order valence-corrected chi connectivity index (χ0v) is 5.92. The van der Waals surface area contributed by atoms with Gasteiger partial charge in [0, 0.05) is 6.61 Å². The summed E-state index contributed by atoms with van der Waals surface area (Å²) in [6.45, 7) is 0.232. The van der Waals surface area contributed by atoms with Crippen LogP contribution < -0.4 is 0 Å². The van der Waals surface area contributed by atoms with Gasteiger partial charge in [0.2, 0.25) is 0 Å². The molecule has 0 bridgehead atoms. The second kappa shape index (κ2) is 3.88. The van der Waals surface area contributed by atoms with Crippen molar-refractivity contribution in [3.05, 3.63) is 0 Å². The highest BCUT2D eigenvalue weighted by Crippen LogP contribution is 2.17. The minimum absolute atomic E-state index is 0.348. The van der Waals surface area contributed by atoms with Gasteiger partial charge in [-0.2, -0.15) is 0 Å². The van der Waals surface area contributed by atoms with Crippen LogP contribution in [0.1, 0.15) is 19.3 Å². The summed E-state index contributed by atoms with van der Waals surface area (Å²) in [7, 11) is 0. The highest BCUT2D eigenvalue weighted by Gasteiger charge is 2.22. The predicted octanol–water partition coefficient (Wildman–Crippen LogP) is 0.886. The fraction of sp³-hybridized carbons (Fsp3) is 1.00. The van der Waals surface area contributed by atoms with E-state index in [4.69, 9.17) is 9.84 Å². The van der Waals surface area contributed by atoms with Gasteiger partial charge in [-0.25, -0.2) is 4.39 Å². The van der Waals surface area contributed by atoms with Crippen LogP contribution in [0.5, 0.6) is 0 Å². The number of ether oxygens (including phenoxy) is 1. The summed E-state index contributed by atoms with van der Waals surface area (Å²) in [5, 5.41) is 8.43. The van der Waals surface area contributed by atoms with E-state index in [1.807, 2.05) is 0 Å². The van der Waals surface area contributed by atoms with Crippen molar-refractivity contribution in [1.82, 2.24) is 0 Å². The van der Waals surface area contributed by atoms with Gasteiger partial charge in [0.25, 0.3) is 0 Å². The van der Waals surface area contributed by atoms with E-state index in [0.29, 0.717) is 6.61 Å². The van der Waals surface area contributed by atoms with Gasteiger partial charge in [-0.05, 0) is 19.3 Å². The Morgan fingerprint density at radius 3 is 2.90 bits per heavy atom. The van der Waals surface area contributed by atoms with Crippen molar-refractivity contribution in [3.8, 4) is 0 Å². The lowest BCUT2D eigenvalue weighted by Crippen LogP contribution is -2.31. The quantitative estimate of drug-likeness (QED) is 0.630. The number of aliphatic hydroxyl groups excluding tert-OH is 1. The Hall–Kier alpha value is -0.150. The SMILES string of the molecule is OCC(F)C1CCCCO1. The average Bonchev–Trinajstić information content (AvgIpc) is 2.05. The summed E-state index contributed by atoms with van der Waals surface area (Å²) in [6.07, 6.45) is 1.26. The molecule has 1 saturated heterocycles. The van der Waals surface area contributed by atoms with Crippen LogP contribution >= 0.6 is 0 Å². The summed E-state index contributed by atoms with van der Waals surface area (Å²) in [4.78, 5) is 0. The molecule has 1 aliphatic rings. The minimum atomic E-state index is -1.18. The number of halogens is 1. The molecule has 0 spiro atoms. The van der Waals surface area contributed by atoms with Crippen molar-refractivity contribution >= 4 is 0 Å². The molecule has 2 unspecified atom stereocenters. The van der Waals surface area contributed by atoms with Crippen molar-refractivity contribution in [2.24, 2.45) is 0 Å². The molecule has 3 heteroatoms. The Labute approximate surface area is 60.0 Å². The van der Waals surface area contributed by atoms with Crippen LogP contribution in [0.4, 0.5) is 4.39 Å². The molecule has 0 amide bonds. The van der Waals surface area contributed by atoms with E-state index in [0.717, 1.165) is 19.3 Å². The fourth-order valence-corrected chi connectivity index (χ4v) is 1.17. The van der Waals surface area contributed by atoms with Crippen LogP contribution in [0, 0.1) is 0 Å². The number of rotatable bonds is 2. The molecule has 60 valence electrons. The Balaban J connectivity index is 2.24. The lowest BCUT2D eigenvalue weighted by atomic mass is 10.1. The first-order valence-corrected chi connectivity index (χ1v) is 3.71. The van der Waals surface area contributed by atoms with Gasteiger partial charge in [0.1, 0.15) is 6.17 Å². The molecule has 1 heterocycles. The third-order valence-electron chi connectivity index (χ3n) is 1.79. The van der Waals surface area contributed by atoms with Gasteiger partial charge >= 0.3 is 0 Å². The number of alkyl halides is 1. The van der Waals surface area contributed by atoms with Crippen molar-refractivity contribution in [3.63, 3.8) is 0 Å². The van der Waals surface area contributed by atoms with Crippen LogP contribution in [0.2, 0.25) is 0 Å². The summed E-state index contributed by atoms with van der Waals surface area (Å²) in [5.74, 6) is 0. The van der Waals surface area contributed by atoms with E-state index >= 15 is 0 Å². The zero-order valence-electron chi connectivity index (χ0n) is 5.92. The molecule has 1 N–H and O–H groups in total. The number of aliphatic hydroxyl groups is 1. The molecule has 1 rings (SSSR count). The molecule has 0 saturated carbocycles. The summed E-state index contributed by atoms with van der Waals surface area (Å²) < 4.78 is 17.7. The number of hydrogen-bond acceptors (Lipinski definition) is 2. The highest BCUT2D eigenvalue weighted by atomic mass is 19.1. The van der Waals surface area contributed by atoms with Crippen molar-refractivity contribution < 1.29 is 14.2 Å². The first kappa shape index (κ1) is 7.95. The predicted molar refractivity (Wildman–Crippen MR) is 35.6 cm³/mol. The van der Waals surface area contributed by atoms with E-state index < -0.39 is 12.8 Å². The molecule has 2 atom stereocenters. The lowest BCUT2D eigenvalue weighted by Gasteiger charge is -2.24. The largest absolute Gasteiger partial charge is 0.393 e. The van der Waals surface area contributed by atoms with Gasteiger partial charge in [-0.15, -0.1) is 0 Å². The van der Waals surface area contributed by atoms with Crippen LogP contribution in [-0.2, 0) is 4.74 Å². The molecule has 0 aliphatic carbocycles. The van der Waals surface area contributed by atoms with Gasteiger partial charge in [0.15, 0.2) is 0 Å². The molecule has 10 heavy (non-hydrogen) atoms. The minimum Gasteiger partial charge on any atom is -0.393 e. The smallest absolute Gasteiger partial charge is 0.149 e. The van der Waals surface area contributed by atoms with E-state index in [1.165, 1.54) is 0 Å². The number of hydrogen-bond donors (Lipinski definition) is 1. The lowest BCUT2D eigenvalue weighted by molar-refractivity contribution is -0.0469. The van der Waals surface area contributed by atoms with Gasteiger partial charge in [0.05, 0.1) is 12.7 Å². The monoisotopic (exact) mass is 148 g/mol. The van der Waals surface area contributed by atoms with Gasteiger partial charge in [-0.1, -0.05) is 0 Å². The Morgan fingerprint density at radius 2 is 2.40 bits per heavy atom. The van der Waals surface area contributed by atoms with E-state index in [1.54, 1.807) is 0 Å². The third kappa shape index (κ3) is 1.92. The van der Waals surface area contributed by atoms with Gasteiger partial charge in [-0.3, -0.25) is 0 Å². The Kier molecular flexibility index (Phi) is 3.09. The summed E-state index contributed by atoms with van der Waals surface area (Å²) >= 11 is 0. The van der Waals surface area contributed by atoms with Crippen LogP contribution in [0.25, 0.3) is 0 Å². The molecular weight excluding hydrogens is 135 g/mol. The van der Waals surface area contributed by atoms with E-state index in [-0.39, 0.29) is 6.10 Å². The first-order chi connectivity index (χ1) is 4.84. The zero-order chi connectivity index (χ0) is 7.40. The summed E-state index contributed by atoms with van der Waals surface area (Å²) in [5.41, 5.74) is 0. The topological polar surface area (TPSA) is 29.5 Å². The van der Waals surface area contributed by atoms with Crippen molar-refractivity contribution in [2.75, 3.05) is 13.2 Å². The molecule has 2 nitrogen and oxygen atoms in total. The molecule has 1 aliphatic heterocycles. The van der Waals surface area contributed by atoms with Crippen LogP contribution in [0.3, 0.4) is 0 Å². The second-order valence-electron chi connectivity index (χ2n) is 2.60. The Bertz CT molecular complexity index is 91.6. The van der Waals surface area contributed by atoms with E-state index in [2.05, 4.69) is 0 Å². The van der Waals surface area contributed by atoms with Crippen LogP contribution in [-0.4, -0.2) is 30.6 Å². The van der Waals surface area contributed by atoms with Gasteiger partial charge < -0.3 is 9.84 Å². The normalized spacial score (nSPS) is 30.0. The molecule has 0 aromatic rings. The third-order valence-corrected chi connectivity index (χ3v) is 1.79. The second-order valence-corrected chi connectivity index (χ2v) is 2.60. The summed E-state index contributed by atoms with van der Waals surface area (Å²) in [6, 6.07) is 0.